The number of carbonyl (C=O) groups is 2. The average molecular weight is 269 g/mol. The maximum atomic E-state index is 12.1. The van der Waals surface area contributed by atoms with Gasteiger partial charge in [0.05, 0.1) is 12.0 Å². The molecule has 1 amide bonds. The first-order chi connectivity index (χ1) is 9.06. The van der Waals surface area contributed by atoms with Crippen LogP contribution in [0.3, 0.4) is 0 Å². The highest BCUT2D eigenvalue weighted by molar-refractivity contribution is 5.79. The number of carboxylic acids is 1. The molecule has 2 atom stereocenters. The van der Waals surface area contributed by atoms with E-state index >= 15 is 0 Å². The van der Waals surface area contributed by atoms with Crippen molar-refractivity contribution in [2.24, 2.45) is 11.8 Å². The van der Waals surface area contributed by atoms with Crippen molar-refractivity contribution in [1.29, 1.82) is 0 Å². The first-order valence-corrected chi connectivity index (χ1v) is 7.18. The molecule has 0 radical (unpaired) electrons. The topological polar surface area (TPSA) is 66.8 Å². The summed E-state index contributed by atoms with van der Waals surface area (Å²) in [5.41, 5.74) is 0. The molecule has 1 aliphatic carbocycles. The smallest absolute Gasteiger partial charge is 0.308 e. The molecule has 2 rings (SSSR count). The van der Waals surface area contributed by atoms with Crippen LogP contribution in [0.15, 0.2) is 0 Å². The molecule has 19 heavy (non-hydrogen) atoms. The van der Waals surface area contributed by atoms with E-state index in [0.29, 0.717) is 19.5 Å². The van der Waals surface area contributed by atoms with Crippen LogP contribution in [0.2, 0.25) is 0 Å². The van der Waals surface area contributed by atoms with E-state index in [1.807, 2.05) is 6.92 Å². The van der Waals surface area contributed by atoms with Crippen molar-refractivity contribution < 1.29 is 19.4 Å². The number of carboxylic acid groups (broad SMARTS) is 1. The molecule has 0 aromatic heterocycles. The van der Waals surface area contributed by atoms with Gasteiger partial charge in [0.2, 0.25) is 5.91 Å². The number of rotatable bonds is 4. The van der Waals surface area contributed by atoms with Crippen LogP contribution >= 0.6 is 0 Å². The SMILES string of the molecule is CC1CC(C(=O)O)CN(C(=O)COC2CCCC2)C1. The molecule has 0 bridgehead atoms. The van der Waals surface area contributed by atoms with Crippen LogP contribution in [0.4, 0.5) is 0 Å². The lowest BCUT2D eigenvalue weighted by Gasteiger charge is -2.34. The van der Waals surface area contributed by atoms with Gasteiger partial charge in [-0.15, -0.1) is 0 Å². The third-order valence-electron chi connectivity index (χ3n) is 4.11. The van der Waals surface area contributed by atoms with Crippen LogP contribution in [0.1, 0.15) is 39.0 Å². The molecule has 2 fully saturated rings. The van der Waals surface area contributed by atoms with Crippen LogP contribution in [-0.4, -0.2) is 47.7 Å². The second kappa shape index (κ2) is 6.37. The van der Waals surface area contributed by atoms with E-state index < -0.39 is 11.9 Å². The summed E-state index contributed by atoms with van der Waals surface area (Å²) in [6.45, 7) is 3.07. The van der Waals surface area contributed by atoms with Gasteiger partial charge in [-0.3, -0.25) is 9.59 Å². The zero-order valence-electron chi connectivity index (χ0n) is 11.5. The normalized spacial score (nSPS) is 28.6. The van der Waals surface area contributed by atoms with E-state index in [2.05, 4.69) is 0 Å². The van der Waals surface area contributed by atoms with Gasteiger partial charge in [0, 0.05) is 13.1 Å². The first kappa shape index (κ1) is 14.3. The van der Waals surface area contributed by atoms with Gasteiger partial charge >= 0.3 is 5.97 Å². The molecule has 0 spiro atoms. The molecule has 1 aliphatic heterocycles. The molecule has 1 saturated carbocycles. The van der Waals surface area contributed by atoms with Gasteiger partial charge in [-0.25, -0.2) is 0 Å². The zero-order valence-corrected chi connectivity index (χ0v) is 11.5. The molecular weight excluding hydrogens is 246 g/mol. The Morgan fingerprint density at radius 3 is 2.58 bits per heavy atom. The molecule has 2 aliphatic rings. The Balaban J connectivity index is 1.81. The number of amides is 1. The van der Waals surface area contributed by atoms with Gasteiger partial charge in [0.25, 0.3) is 0 Å². The minimum absolute atomic E-state index is 0.0651. The predicted octanol–water partition coefficient (Wildman–Crippen LogP) is 1.51. The first-order valence-electron chi connectivity index (χ1n) is 7.18. The Morgan fingerprint density at radius 1 is 1.26 bits per heavy atom. The van der Waals surface area contributed by atoms with E-state index in [1.165, 1.54) is 12.8 Å². The Morgan fingerprint density at radius 2 is 1.95 bits per heavy atom. The van der Waals surface area contributed by atoms with Crippen LogP contribution in [0, 0.1) is 11.8 Å². The van der Waals surface area contributed by atoms with Crippen LogP contribution < -0.4 is 0 Å². The number of hydrogen-bond donors (Lipinski definition) is 1. The highest BCUT2D eigenvalue weighted by Gasteiger charge is 2.32. The van der Waals surface area contributed by atoms with E-state index in [0.717, 1.165) is 12.8 Å². The van der Waals surface area contributed by atoms with Crippen molar-refractivity contribution >= 4 is 11.9 Å². The molecule has 1 N–H and O–H groups in total. The van der Waals surface area contributed by atoms with Crippen molar-refractivity contribution in [3.8, 4) is 0 Å². The summed E-state index contributed by atoms with van der Waals surface area (Å²) in [7, 11) is 0. The molecule has 0 aromatic carbocycles. The maximum Gasteiger partial charge on any atom is 0.308 e. The number of piperidine rings is 1. The van der Waals surface area contributed by atoms with Crippen molar-refractivity contribution in [3.63, 3.8) is 0 Å². The van der Waals surface area contributed by atoms with E-state index in [1.54, 1.807) is 4.90 Å². The maximum absolute atomic E-state index is 12.1. The third kappa shape index (κ3) is 3.93. The summed E-state index contributed by atoms with van der Waals surface area (Å²) in [4.78, 5) is 24.8. The van der Waals surface area contributed by atoms with Gasteiger partial charge in [-0.2, -0.15) is 0 Å². The van der Waals surface area contributed by atoms with Gasteiger partial charge in [0.1, 0.15) is 6.61 Å². The Bertz CT molecular complexity index is 338. The van der Waals surface area contributed by atoms with Gasteiger partial charge in [0.15, 0.2) is 0 Å². The van der Waals surface area contributed by atoms with Crippen molar-refractivity contribution in [3.05, 3.63) is 0 Å². The van der Waals surface area contributed by atoms with Crippen molar-refractivity contribution in [2.45, 2.75) is 45.1 Å². The number of carbonyl (C=O) groups excluding carboxylic acids is 1. The minimum atomic E-state index is -0.805. The summed E-state index contributed by atoms with van der Waals surface area (Å²) in [6, 6.07) is 0. The fourth-order valence-electron chi connectivity index (χ4n) is 3.07. The van der Waals surface area contributed by atoms with E-state index in [-0.39, 0.29) is 24.5 Å². The van der Waals surface area contributed by atoms with Gasteiger partial charge < -0.3 is 14.7 Å². The van der Waals surface area contributed by atoms with E-state index in [9.17, 15) is 9.59 Å². The zero-order chi connectivity index (χ0) is 13.8. The Labute approximate surface area is 113 Å². The standard InChI is InChI=1S/C14H23NO4/c1-10-6-11(14(17)18)8-15(7-10)13(16)9-19-12-4-2-3-5-12/h10-12H,2-9H2,1H3,(H,17,18). The third-order valence-corrected chi connectivity index (χ3v) is 4.11. The molecule has 1 heterocycles. The number of hydrogen-bond acceptors (Lipinski definition) is 3. The monoisotopic (exact) mass is 269 g/mol. The summed E-state index contributed by atoms with van der Waals surface area (Å²) >= 11 is 0. The second-order valence-corrected chi connectivity index (χ2v) is 5.89. The number of nitrogens with zero attached hydrogens (tertiary/aromatic N) is 1. The largest absolute Gasteiger partial charge is 0.481 e. The fourth-order valence-corrected chi connectivity index (χ4v) is 3.07. The van der Waals surface area contributed by atoms with Crippen molar-refractivity contribution in [2.75, 3.05) is 19.7 Å². The van der Waals surface area contributed by atoms with Gasteiger partial charge in [-0.1, -0.05) is 19.8 Å². The molecule has 5 nitrogen and oxygen atoms in total. The quantitative estimate of drug-likeness (QED) is 0.840. The van der Waals surface area contributed by atoms with Gasteiger partial charge in [-0.05, 0) is 25.2 Å². The molecule has 0 aromatic rings. The lowest BCUT2D eigenvalue weighted by Crippen LogP contribution is -2.47. The summed E-state index contributed by atoms with van der Waals surface area (Å²) in [6.07, 6.45) is 5.33. The van der Waals surface area contributed by atoms with Crippen molar-refractivity contribution in [1.82, 2.24) is 4.90 Å². The minimum Gasteiger partial charge on any atom is -0.481 e. The second-order valence-electron chi connectivity index (χ2n) is 5.89. The fraction of sp³-hybridized carbons (Fsp3) is 0.857. The van der Waals surface area contributed by atoms with E-state index in [4.69, 9.17) is 9.84 Å². The van der Waals surface area contributed by atoms with Crippen LogP contribution in [0.5, 0.6) is 0 Å². The highest BCUT2D eigenvalue weighted by atomic mass is 16.5. The lowest BCUT2D eigenvalue weighted by molar-refractivity contribution is -0.149. The average Bonchev–Trinajstić information content (AvgIpc) is 2.88. The lowest BCUT2D eigenvalue weighted by atomic mass is 9.90. The number of aliphatic carboxylic acids is 1. The molecule has 5 heteroatoms. The molecule has 1 saturated heterocycles. The number of ether oxygens (including phenoxy) is 1. The predicted molar refractivity (Wildman–Crippen MR) is 69.7 cm³/mol. The molecule has 2 unspecified atom stereocenters. The number of likely N-dealkylation sites (tertiary alicyclic amines) is 1. The summed E-state index contributed by atoms with van der Waals surface area (Å²) < 4.78 is 5.61. The van der Waals surface area contributed by atoms with Crippen LogP contribution in [-0.2, 0) is 14.3 Å². The Kier molecular flexibility index (Phi) is 4.80. The summed E-state index contributed by atoms with van der Waals surface area (Å²) in [5.74, 6) is -1.06. The highest BCUT2D eigenvalue weighted by Crippen LogP contribution is 2.23. The van der Waals surface area contributed by atoms with Crippen LogP contribution in [0.25, 0.3) is 0 Å². The molecular formula is C14H23NO4. The molecule has 108 valence electrons. The summed E-state index contributed by atoms with van der Waals surface area (Å²) in [5, 5.41) is 9.09. The Hall–Kier alpha value is -1.10.